The SMILES string of the molecule is CC(C)(C)OC(=O)OCCOCCOCCOCCOCCOCCOCCOCCOCCOCCOCCOCCN. The van der Waals surface area contributed by atoms with E-state index >= 15 is 0 Å². The number of rotatable bonds is 35. The Labute approximate surface area is 263 Å². The summed E-state index contributed by atoms with van der Waals surface area (Å²) in [6.07, 6.45) is -0.702. The van der Waals surface area contributed by atoms with Gasteiger partial charge in [0, 0.05) is 6.54 Å². The van der Waals surface area contributed by atoms with Gasteiger partial charge in [0.2, 0.25) is 0 Å². The van der Waals surface area contributed by atoms with Crippen LogP contribution in [0.3, 0.4) is 0 Å². The second-order valence-electron chi connectivity index (χ2n) is 9.84. The van der Waals surface area contributed by atoms with Crippen molar-refractivity contribution in [2.75, 3.05) is 159 Å². The largest absolute Gasteiger partial charge is 0.508 e. The summed E-state index contributed by atoms with van der Waals surface area (Å²) in [6, 6.07) is 0. The third kappa shape index (κ3) is 38.8. The Morgan fingerprint density at radius 1 is 0.386 bits per heavy atom. The predicted octanol–water partition coefficient (Wildman–Crippen LogP) is 1.08. The monoisotopic (exact) mass is 645 g/mol. The van der Waals surface area contributed by atoms with Crippen LogP contribution in [0.15, 0.2) is 0 Å². The molecule has 0 heterocycles. The Morgan fingerprint density at radius 2 is 0.591 bits per heavy atom. The molecule has 0 aliphatic carbocycles. The lowest BCUT2D eigenvalue weighted by atomic mass is 10.2. The minimum atomic E-state index is -0.702. The van der Waals surface area contributed by atoms with Crippen LogP contribution in [0.2, 0.25) is 0 Å². The Balaban J connectivity index is 3.09. The molecule has 0 saturated heterocycles. The Kier molecular flexibility index (Phi) is 33.7. The maximum atomic E-state index is 11.4. The normalized spacial score (nSPS) is 11.7. The van der Waals surface area contributed by atoms with E-state index in [-0.39, 0.29) is 13.2 Å². The second-order valence-corrected chi connectivity index (χ2v) is 9.84. The molecule has 0 spiro atoms. The standard InChI is InChI=1S/C29H59NO14/c1-29(2,3)44-28(31)43-27-26-42-25-24-41-23-22-40-21-20-39-19-18-38-17-16-37-15-14-36-13-12-35-11-10-34-9-8-33-7-6-32-5-4-30/h4-27,30H2,1-3H3. The van der Waals surface area contributed by atoms with Gasteiger partial charge in [-0.1, -0.05) is 0 Å². The fraction of sp³-hybridized carbons (Fsp3) is 0.966. The summed E-state index contributed by atoms with van der Waals surface area (Å²) in [5, 5.41) is 0. The number of nitrogens with two attached hydrogens (primary N) is 1. The third-order valence-electron chi connectivity index (χ3n) is 4.82. The average Bonchev–Trinajstić information content (AvgIpc) is 2.98. The number of carbonyl (C=O) groups excluding carboxylic acids is 1. The van der Waals surface area contributed by atoms with Crippen LogP contribution in [0.1, 0.15) is 20.8 Å². The van der Waals surface area contributed by atoms with Crippen LogP contribution in [0.4, 0.5) is 4.79 Å². The molecule has 0 aliphatic rings. The van der Waals surface area contributed by atoms with Crippen molar-refractivity contribution in [1.82, 2.24) is 0 Å². The number of carbonyl (C=O) groups is 1. The van der Waals surface area contributed by atoms with Crippen molar-refractivity contribution in [3.8, 4) is 0 Å². The Bertz CT molecular complexity index is 583. The minimum Gasteiger partial charge on any atom is -0.432 e. The fourth-order valence-electron chi connectivity index (χ4n) is 2.85. The molecule has 2 N–H and O–H groups in total. The highest BCUT2D eigenvalue weighted by molar-refractivity contribution is 5.60. The summed E-state index contributed by atoms with van der Waals surface area (Å²) in [5.41, 5.74) is 4.75. The molecule has 0 aromatic rings. The summed E-state index contributed by atoms with van der Waals surface area (Å²) >= 11 is 0. The molecule has 0 aliphatic heterocycles. The second kappa shape index (κ2) is 34.7. The molecule has 0 amide bonds. The first kappa shape index (κ1) is 42.8. The quantitative estimate of drug-likeness (QED) is 0.0769. The van der Waals surface area contributed by atoms with Gasteiger partial charge in [0.05, 0.1) is 145 Å². The summed E-state index contributed by atoms with van der Waals surface area (Å²) in [6.45, 7) is 16.7. The Morgan fingerprint density at radius 3 is 0.795 bits per heavy atom. The molecule has 15 heteroatoms. The van der Waals surface area contributed by atoms with Crippen molar-refractivity contribution in [3.05, 3.63) is 0 Å². The van der Waals surface area contributed by atoms with Gasteiger partial charge in [-0.05, 0) is 20.8 Å². The number of hydrogen-bond donors (Lipinski definition) is 1. The molecule has 0 fully saturated rings. The lowest BCUT2D eigenvalue weighted by molar-refractivity contribution is -0.0315. The topological polar surface area (TPSA) is 163 Å². The van der Waals surface area contributed by atoms with Gasteiger partial charge in [-0.3, -0.25) is 0 Å². The van der Waals surface area contributed by atoms with Crippen molar-refractivity contribution in [3.63, 3.8) is 0 Å². The van der Waals surface area contributed by atoms with E-state index in [0.29, 0.717) is 145 Å². The zero-order valence-electron chi connectivity index (χ0n) is 27.3. The highest BCUT2D eigenvalue weighted by Crippen LogP contribution is 2.07. The van der Waals surface area contributed by atoms with E-state index < -0.39 is 11.8 Å². The van der Waals surface area contributed by atoms with E-state index in [9.17, 15) is 4.79 Å². The zero-order valence-corrected chi connectivity index (χ0v) is 27.3. The van der Waals surface area contributed by atoms with E-state index in [1.807, 2.05) is 0 Å². The zero-order chi connectivity index (χ0) is 32.2. The van der Waals surface area contributed by atoms with Crippen molar-refractivity contribution in [1.29, 1.82) is 0 Å². The van der Waals surface area contributed by atoms with Crippen LogP contribution in [0.25, 0.3) is 0 Å². The van der Waals surface area contributed by atoms with Gasteiger partial charge in [-0.25, -0.2) is 4.79 Å². The molecule has 0 atom stereocenters. The first-order valence-corrected chi connectivity index (χ1v) is 15.4. The summed E-state index contributed by atoms with van der Waals surface area (Å²) < 4.78 is 69.3. The smallest absolute Gasteiger partial charge is 0.432 e. The molecule has 0 rings (SSSR count). The van der Waals surface area contributed by atoms with Gasteiger partial charge in [-0.15, -0.1) is 0 Å². The third-order valence-corrected chi connectivity index (χ3v) is 4.82. The molecule has 0 saturated carbocycles. The molecule has 0 radical (unpaired) electrons. The summed E-state index contributed by atoms with van der Waals surface area (Å²) in [7, 11) is 0. The molecule has 0 bridgehead atoms. The van der Waals surface area contributed by atoms with Gasteiger partial charge >= 0.3 is 6.16 Å². The van der Waals surface area contributed by atoms with Crippen molar-refractivity contribution >= 4 is 6.16 Å². The van der Waals surface area contributed by atoms with E-state index in [1.165, 1.54) is 0 Å². The molecule has 0 aromatic carbocycles. The molecule has 44 heavy (non-hydrogen) atoms. The maximum absolute atomic E-state index is 11.4. The molecular weight excluding hydrogens is 586 g/mol. The summed E-state index contributed by atoms with van der Waals surface area (Å²) in [5.74, 6) is 0. The van der Waals surface area contributed by atoms with Crippen molar-refractivity contribution in [2.24, 2.45) is 5.73 Å². The van der Waals surface area contributed by atoms with Crippen LogP contribution >= 0.6 is 0 Å². The van der Waals surface area contributed by atoms with Crippen molar-refractivity contribution in [2.45, 2.75) is 26.4 Å². The van der Waals surface area contributed by atoms with E-state index in [4.69, 9.17) is 67.3 Å². The van der Waals surface area contributed by atoms with Crippen LogP contribution < -0.4 is 5.73 Å². The van der Waals surface area contributed by atoms with Gasteiger partial charge in [0.25, 0.3) is 0 Å². The fourth-order valence-corrected chi connectivity index (χ4v) is 2.85. The minimum absolute atomic E-state index is 0.133. The highest BCUT2D eigenvalue weighted by atomic mass is 16.7. The maximum Gasteiger partial charge on any atom is 0.508 e. The highest BCUT2D eigenvalue weighted by Gasteiger charge is 2.17. The van der Waals surface area contributed by atoms with Crippen molar-refractivity contribution < 1.29 is 66.4 Å². The van der Waals surface area contributed by atoms with Crippen LogP contribution in [0, 0.1) is 0 Å². The molecule has 0 unspecified atom stereocenters. The number of ether oxygens (including phenoxy) is 13. The molecular formula is C29H59NO14. The first-order chi connectivity index (χ1) is 21.5. The predicted molar refractivity (Wildman–Crippen MR) is 160 cm³/mol. The van der Waals surface area contributed by atoms with Gasteiger partial charge in [-0.2, -0.15) is 0 Å². The van der Waals surface area contributed by atoms with E-state index in [2.05, 4.69) is 0 Å². The lowest BCUT2D eigenvalue weighted by Gasteiger charge is -2.18. The van der Waals surface area contributed by atoms with Gasteiger partial charge < -0.3 is 67.3 Å². The average molecular weight is 646 g/mol. The lowest BCUT2D eigenvalue weighted by Crippen LogP contribution is -2.25. The van der Waals surface area contributed by atoms with E-state index in [0.717, 1.165) is 0 Å². The Hall–Kier alpha value is -1.21. The molecule has 15 nitrogen and oxygen atoms in total. The number of hydrogen-bond acceptors (Lipinski definition) is 15. The molecule has 0 aromatic heterocycles. The van der Waals surface area contributed by atoms with Crippen LogP contribution in [-0.2, 0) is 61.6 Å². The van der Waals surface area contributed by atoms with Gasteiger partial charge in [0.15, 0.2) is 0 Å². The van der Waals surface area contributed by atoms with Gasteiger partial charge in [0.1, 0.15) is 12.2 Å². The summed E-state index contributed by atoms with van der Waals surface area (Å²) in [4.78, 5) is 11.4. The molecule has 264 valence electrons. The van der Waals surface area contributed by atoms with Crippen LogP contribution in [0.5, 0.6) is 0 Å². The van der Waals surface area contributed by atoms with E-state index in [1.54, 1.807) is 20.8 Å². The first-order valence-electron chi connectivity index (χ1n) is 15.4. The van der Waals surface area contributed by atoms with Crippen LogP contribution in [-0.4, -0.2) is 170 Å².